The summed E-state index contributed by atoms with van der Waals surface area (Å²) in [6.45, 7) is 3.45. The van der Waals surface area contributed by atoms with Gasteiger partial charge in [0.1, 0.15) is 0 Å². The maximum Gasteiger partial charge on any atom is 0.184 e. The number of hydrogen-bond donors (Lipinski definition) is 0. The number of aromatic nitrogens is 4. The molecule has 0 saturated carbocycles. The van der Waals surface area contributed by atoms with Crippen molar-refractivity contribution in [3.8, 4) is 0 Å². The maximum absolute atomic E-state index is 10.1. The fraction of sp³-hybridized carbons (Fsp3) is 0.200. The summed E-state index contributed by atoms with van der Waals surface area (Å²) in [5, 5.41) is 10.4. The van der Waals surface area contributed by atoms with Crippen molar-refractivity contribution in [3.63, 3.8) is 0 Å². The van der Waals surface area contributed by atoms with Crippen LogP contribution in [0.25, 0.3) is 5.57 Å². The smallest absolute Gasteiger partial charge is 0.184 e. The minimum atomic E-state index is 0.285. The van der Waals surface area contributed by atoms with Gasteiger partial charge in [-0.3, -0.25) is 4.79 Å². The molecule has 0 radical (unpaired) electrons. The van der Waals surface area contributed by atoms with Crippen LogP contribution in [-0.4, -0.2) is 26.5 Å². The Labute approximate surface area is 57.3 Å². The van der Waals surface area contributed by atoms with Gasteiger partial charge < -0.3 is 0 Å². The van der Waals surface area contributed by atoms with Crippen molar-refractivity contribution >= 4 is 11.9 Å². The summed E-state index contributed by atoms with van der Waals surface area (Å²) in [5.74, 6) is 0.398. The molecular formula is C5H6N4O. The lowest BCUT2D eigenvalue weighted by Gasteiger charge is -1.91. The van der Waals surface area contributed by atoms with Gasteiger partial charge in [-0.1, -0.05) is 6.58 Å². The van der Waals surface area contributed by atoms with E-state index in [1.165, 1.54) is 4.68 Å². The fourth-order valence-electron chi connectivity index (χ4n) is 0.554. The zero-order chi connectivity index (χ0) is 7.56. The van der Waals surface area contributed by atoms with Crippen LogP contribution in [-0.2, 0) is 11.8 Å². The van der Waals surface area contributed by atoms with E-state index < -0.39 is 0 Å². The Hall–Kier alpha value is -1.52. The van der Waals surface area contributed by atoms with Gasteiger partial charge in [0.2, 0.25) is 0 Å². The third-order valence-electron chi connectivity index (χ3n) is 1.05. The second kappa shape index (κ2) is 2.38. The van der Waals surface area contributed by atoms with Crippen molar-refractivity contribution in [3.05, 3.63) is 12.4 Å². The first-order valence-electron chi connectivity index (χ1n) is 2.62. The molecule has 1 heterocycles. The normalized spacial score (nSPS) is 9.30. The molecule has 0 spiro atoms. The lowest BCUT2D eigenvalue weighted by atomic mass is 10.3. The lowest BCUT2D eigenvalue weighted by Crippen LogP contribution is -1.98. The van der Waals surface area contributed by atoms with Gasteiger partial charge in [0.25, 0.3) is 0 Å². The summed E-state index contributed by atoms with van der Waals surface area (Å²) in [5.41, 5.74) is 0.285. The molecule has 52 valence electrons. The van der Waals surface area contributed by atoms with Crippen molar-refractivity contribution < 1.29 is 4.79 Å². The standard InChI is InChI=1S/C5H6N4O/c1-4(3-10)5-6-7-8-9(5)2/h3H,1H2,2H3. The van der Waals surface area contributed by atoms with E-state index in [2.05, 4.69) is 22.1 Å². The molecule has 1 aromatic rings. The highest BCUT2D eigenvalue weighted by Crippen LogP contribution is 2.00. The van der Waals surface area contributed by atoms with Crippen LogP contribution in [0.1, 0.15) is 5.82 Å². The number of carbonyl (C=O) groups is 1. The van der Waals surface area contributed by atoms with E-state index in [1.54, 1.807) is 7.05 Å². The average molecular weight is 138 g/mol. The van der Waals surface area contributed by atoms with Gasteiger partial charge in [0, 0.05) is 7.05 Å². The molecule has 1 rings (SSSR count). The van der Waals surface area contributed by atoms with Crippen LogP contribution in [0.5, 0.6) is 0 Å². The van der Waals surface area contributed by atoms with Gasteiger partial charge in [0.05, 0.1) is 5.57 Å². The van der Waals surface area contributed by atoms with Gasteiger partial charge in [-0.25, -0.2) is 4.68 Å². The Morgan fingerprint density at radius 3 is 2.90 bits per heavy atom. The Morgan fingerprint density at radius 1 is 1.80 bits per heavy atom. The minimum Gasteiger partial charge on any atom is -0.298 e. The van der Waals surface area contributed by atoms with Gasteiger partial charge in [0.15, 0.2) is 12.1 Å². The number of tetrazole rings is 1. The summed E-state index contributed by atoms with van der Waals surface area (Å²) in [4.78, 5) is 10.1. The molecular weight excluding hydrogens is 132 g/mol. The molecule has 0 aliphatic carbocycles. The molecule has 1 aromatic heterocycles. The molecule has 0 aliphatic heterocycles. The molecule has 5 nitrogen and oxygen atoms in total. The topological polar surface area (TPSA) is 60.7 Å². The first kappa shape index (κ1) is 6.60. The van der Waals surface area contributed by atoms with Crippen LogP contribution in [0.2, 0.25) is 0 Å². The average Bonchev–Trinajstić information content (AvgIpc) is 2.34. The predicted octanol–water partition coefficient (Wildman–Crippen LogP) is -0.578. The second-order valence-corrected chi connectivity index (χ2v) is 1.77. The van der Waals surface area contributed by atoms with E-state index >= 15 is 0 Å². The molecule has 10 heavy (non-hydrogen) atoms. The van der Waals surface area contributed by atoms with Crippen LogP contribution in [0, 0.1) is 0 Å². The third kappa shape index (κ3) is 0.928. The van der Waals surface area contributed by atoms with Crippen molar-refractivity contribution in [1.82, 2.24) is 20.2 Å². The van der Waals surface area contributed by atoms with Crippen LogP contribution < -0.4 is 0 Å². The molecule has 0 saturated heterocycles. The van der Waals surface area contributed by atoms with E-state index in [-0.39, 0.29) is 5.57 Å². The summed E-state index contributed by atoms with van der Waals surface area (Å²) in [6.07, 6.45) is 0.617. The summed E-state index contributed by atoms with van der Waals surface area (Å²) >= 11 is 0. The van der Waals surface area contributed by atoms with Gasteiger partial charge in [-0.15, -0.1) is 5.10 Å². The maximum atomic E-state index is 10.1. The number of nitrogens with zero attached hydrogens (tertiary/aromatic N) is 4. The Morgan fingerprint density at radius 2 is 2.50 bits per heavy atom. The Kier molecular flexibility index (Phi) is 1.57. The van der Waals surface area contributed by atoms with Gasteiger partial charge >= 0.3 is 0 Å². The number of carbonyl (C=O) groups excluding carboxylic acids is 1. The second-order valence-electron chi connectivity index (χ2n) is 1.77. The lowest BCUT2D eigenvalue weighted by molar-refractivity contribution is -0.103. The summed E-state index contributed by atoms with van der Waals surface area (Å²) < 4.78 is 1.39. The van der Waals surface area contributed by atoms with Crippen LogP contribution in [0.15, 0.2) is 6.58 Å². The van der Waals surface area contributed by atoms with Crippen molar-refractivity contribution in [2.24, 2.45) is 7.05 Å². The predicted molar refractivity (Wildman–Crippen MR) is 33.9 cm³/mol. The first-order chi connectivity index (χ1) is 4.75. The van der Waals surface area contributed by atoms with E-state index in [0.29, 0.717) is 12.1 Å². The first-order valence-corrected chi connectivity index (χ1v) is 2.62. The highest BCUT2D eigenvalue weighted by Gasteiger charge is 2.03. The van der Waals surface area contributed by atoms with E-state index in [0.717, 1.165) is 0 Å². The molecule has 0 atom stereocenters. The molecule has 0 bridgehead atoms. The van der Waals surface area contributed by atoms with E-state index in [4.69, 9.17) is 0 Å². The number of rotatable bonds is 2. The zero-order valence-electron chi connectivity index (χ0n) is 5.48. The Balaban J connectivity index is 3.04. The zero-order valence-corrected chi connectivity index (χ0v) is 5.48. The highest BCUT2D eigenvalue weighted by molar-refractivity contribution is 6.03. The number of hydrogen-bond acceptors (Lipinski definition) is 4. The molecule has 0 aromatic carbocycles. The SMILES string of the molecule is C=C(C=O)c1nnnn1C. The van der Waals surface area contributed by atoms with Crippen LogP contribution >= 0.6 is 0 Å². The largest absolute Gasteiger partial charge is 0.298 e. The van der Waals surface area contributed by atoms with Crippen molar-refractivity contribution in [2.45, 2.75) is 0 Å². The highest BCUT2D eigenvalue weighted by atomic mass is 16.1. The molecule has 0 aliphatic rings. The van der Waals surface area contributed by atoms with Crippen molar-refractivity contribution in [2.75, 3.05) is 0 Å². The molecule has 0 amide bonds. The molecule has 0 unspecified atom stereocenters. The van der Waals surface area contributed by atoms with Crippen molar-refractivity contribution in [1.29, 1.82) is 0 Å². The number of allylic oxidation sites excluding steroid dienone is 1. The van der Waals surface area contributed by atoms with E-state index in [1.807, 2.05) is 0 Å². The summed E-state index contributed by atoms with van der Waals surface area (Å²) in [6, 6.07) is 0. The van der Waals surface area contributed by atoms with E-state index in [9.17, 15) is 4.79 Å². The van der Waals surface area contributed by atoms with Crippen LogP contribution in [0.3, 0.4) is 0 Å². The fourth-order valence-corrected chi connectivity index (χ4v) is 0.554. The Bertz CT molecular complexity index is 264. The number of aldehydes is 1. The molecule has 5 heteroatoms. The van der Waals surface area contributed by atoms with Crippen LogP contribution in [0.4, 0.5) is 0 Å². The van der Waals surface area contributed by atoms with Gasteiger partial charge in [-0.2, -0.15) is 0 Å². The van der Waals surface area contributed by atoms with Gasteiger partial charge in [-0.05, 0) is 10.4 Å². The quantitative estimate of drug-likeness (QED) is 0.405. The molecule has 0 N–H and O–H groups in total. The third-order valence-corrected chi connectivity index (χ3v) is 1.05. The number of aryl methyl sites for hydroxylation is 1. The molecule has 0 fully saturated rings. The minimum absolute atomic E-state index is 0.285. The monoisotopic (exact) mass is 138 g/mol. The summed E-state index contributed by atoms with van der Waals surface area (Å²) in [7, 11) is 1.64.